The van der Waals surface area contributed by atoms with Crippen molar-refractivity contribution in [3.63, 3.8) is 0 Å². The smallest absolute Gasteiger partial charge is 0.260 e. The van der Waals surface area contributed by atoms with Gasteiger partial charge in [-0.3, -0.25) is 4.79 Å². The van der Waals surface area contributed by atoms with Gasteiger partial charge in [0.1, 0.15) is 5.75 Å². The highest BCUT2D eigenvalue weighted by Gasteiger charge is 2.19. The summed E-state index contributed by atoms with van der Waals surface area (Å²) in [6.45, 7) is 2.32. The maximum atomic E-state index is 12.2. The van der Waals surface area contributed by atoms with E-state index in [4.69, 9.17) is 4.74 Å². The SMILES string of the molecule is CC(Oc1ccccc1)C(=O)NCC(c1ccsc1)N(C)C. The molecule has 1 N–H and O–H groups in total. The van der Waals surface area contributed by atoms with Crippen LogP contribution in [-0.4, -0.2) is 37.6 Å². The minimum atomic E-state index is -0.521. The maximum absolute atomic E-state index is 12.2. The van der Waals surface area contributed by atoms with Gasteiger partial charge >= 0.3 is 0 Å². The lowest BCUT2D eigenvalue weighted by molar-refractivity contribution is -0.127. The molecule has 1 aromatic heterocycles. The fourth-order valence-corrected chi connectivity index (χ4v) is 2.87. The van der Waals surface area contributed by atoms with Crippen LogP contribution >= 0.6 is 11.3 Å². The van der Waals surface area contributed by atoms with Crippen molar-refractivity contribution >= 4 is 17.2 Å². The van der Waals surface area contributed by atoms with Crippen LogP contribution in [0.1, 0.15) is 18.5 Å². The van der Waals surface area contributed by atoms with Gasteiger partial charge in [0.2, 0.25) is 0 Å². The summed E-state index contributed by atoms with van der Waals surface area (Å²) in [5.41, 5.74) is 1.21. The quantitative estimate of drug-likeness (QED) is 0.853. The van der Waals surface area contributed by atoms with Crippen molar-refractivity contribution in [3.8, 4) is 5.75 Å². The first-order chi connectivity index (χ1) is 10.6. The number of carbonyl (C=O) groups excluding carboxylic acids is 1. The zero-order chi connectivity index (χ0) is 15.9. The molecule has 0 radical (unpaired) electrons. The van der Waals surface area contributed by atoms with Crippen LogP contribution in [0.3, 0.4) is 0 Å². The van der Waals surface area contributed by atoms with E-state index in [1.807, 2.05) is 44.4 Å². The number of nitrogens with one attached hydrogen (secondary N) is 1. The van der Waals surface area contributed by atoms with E-state index in [0.717, 1.165) is 0 Å². The molecule has 0 aliphatic heterocycles. The first-order valence-corrected chi connectivity index (χ1v) is 8.20. The molecule has 0 aliphatic rings. The number of amides is 1. The molecule has 2 atom stereocenters. The second-order valence-corrected chi connectivity index (χ2v) is 6.13. The number of carbonyl (C=O) groups is 1. The van der Waals surface area contributed by atoms with Crippen LogP contribution in [0.2, 0.25) is 0 Å². The average molecular weight is 318 g/mol. The topological polar surface area (TPSA) is 41.6 Å². The third-order valence-electron chi connectivity index (χ3n) is 3.45. The molecule has 1 amide bonds. The van der Waals surface area contributed by atoms with Gasteiger partial charge in [-0.05, 0) is 55.5 Å². The number of ether oxygens (including phenoxy) is 1. The normalized spacial score (nSPS) is 13.6. The lowest BCUT2D eigenvalue weighted by Crippen LogP contribution is -2.40. The standard InChI is InChI=1S/C17H22N2O2S/c1-13(21-15-7-5-4-6-8-15)17(20)18-11-16(19(2)3)14-9-10-22-12-14/h4-10,12-13,16H,11H2,1-3H3,(H,18,20). The first-order valence-electron chi connectivity index (χ1n) is 7.26. The van der Waals surface area contributed by atoms with Gasteiger partial charge in [-0.1, -0.05) is 18.2 Å². The van der Waals surface area contributed by atoms with E-state index in [2.05, 4.69) is 27.0 Å². The van der Waals surface area contributed by atoms with E-state index in [0.29, 0.717) is 12.3 Å². The van der Waals surface area contributed by atoms with Crippen molar-refractivity contribution in [1.29, 1.82) is 0 Å². The molecule has 0 bridgehead atoms. The number of para-hydroxylation sites is 1. The van der Waals surface area contributed by atoms with Gasteiger partial charge in [-0.15, -0.1) is 0 Å². The number of likely N-dealkylation sites (N-methyl/N-ethyl adjacent to an activating group) is 1. The van der Waals surface area contributed by atoms with E-state index in [-0.39, 0.29) is 11.9 Å². The molecule has 0 fully saturated rings. The molecule has 2 aromatic rings. The third-order valence-corrected chi connectivity index (χ3v) is 4.15. The molecule has 1 aromatic carbocycles. The average Bonchev–Trinajstić information content (AvgIpc) is 3.02. The van der Waals surface area contributed by atoms with Crippen LogP contribution in [0.15, 0.2) is 47.2 Å². The summed E-state index contributed by atoms with van der Waals surface area (Å²) in [6, 6.07) is 11.6. The molecule has 2 rings (SSSR count). The summed E-state index contributed by atoms with van der Waals surface area (Å²) < 4.78 is 5.64. The molecule has 0 saturated carbocycles. The van der Waals surface area contributed by atoms with Crippen LogP contribution < -0.4 is 10.1 Å². The number of benzene rings is 1. The highest BCUT2D eigenvalue weighted by atomic mass is 32.1. The second kappa shape index (κ2) is 7.96. The van der Waals surface area contributed by atoms with Crippen molar-refractivity contribution in [3.05, 3.63) is 52.7 Å². The molecule has 0 spiro atoms. The predicted octanol–water partition coefficient (Wildman–Crippen LogP) is 2.93. The Hall–Kier alpha value is -1.85. The van der Waals surface area contributed by atoms with E-state index >= 15 is 0 Å². The number of hydrogen-bond acceptors (Lipinski definition) is 4. The second-order valence-electron chi connectivity index (χ2n) is 5.35. The fourth-order valence-electron chi connectivity index (χ4n) is 2.16. The summed E-state index contributed by atoms with van der Waals surface area (Å²) in [7, 11) is 4.02. The van der Waals surface area contributed by atoms with Crippen LogP contribution in [0, 0.1) is 0 Å². The number of thiophene rings is 1. The van der Waals surface area contributed by atoms with Crippen molar-refractivity contribution < 1.29 is 9.53 Å². The van der Waals surface area contributed by atoms with Crippen LogP contribution in [0.25, 0.3) is 0 Å². The van der Waals surface area contributed by atoms with E-state index in [9.17, 15) is 4.79 Å². The Balaban J connectivity index is 1.88. The van der Waals surface area contributed by atoms with Crippen molar-refractivity contribution in [2.24, 2.45) is 0 Å². The lowest BCUT2D eigenvalue weighted by atomic mass is 10.1. The minimum Gasteiger partial charge on any atom is -0.481 e. The molecule has 2 unspecified atom stereocenters. The minimum absolute atomic E-state index is 0.106. The largest absolute Gasteiger partial charge is 0.481 e. The van der Waals surface area contributed by atoms with Crippen molar-refractivity contribution in [2.45, 2.75) is 19.1 Å². The highest BCUT2D eigenvalue weighted by Crippen LogP contribution is 2.20. The summed E-state index contributed by atoms with van der Waals surface area (Å²) in [5.74, 6) is 0.595. The van der Waals surface area contributed by atoms with Crippen LogP contribution in [0.5, 0.6) is 5.75 Å². The Morgan fingerprint density at radius 2 is 2.00 bits per heavy atom. The Morgan fingerprint density at radius 1 is 1.27 bits per heavy atom. The molecular formula is C17H22N2O2S. The summed E-state index contributed by atoms with van der Waals surface area (Å²) in [6.07, 6.45) is -0.521. The summed E-state index contributed by atoms with van der Waals surface area (Å²) in [4.78, 5) is 14.3. The zero-order valence-corrected chi connectivity index (χ0v) is 14.0. The van der Waals surface area contributed by atoms with Crippen molar-refractivity contribution in [1.82, 2.24) is 10.2 Å². The predicted molar refractivity (Wildman–Crippen MR) is 90.3 cm³/mol. The Kier molecular flexibility index (Phi) is 5.98. The van der Waals surface area contributed by atoms with E-state index in [1.54, 1.807) is 18.3 Å². The summed E-state index contributed by atoms with van der Waals surface area (Å²) in [5, 5.41) is 7.13. The Bertz CT molecular complexity index is 570. The molecular weight excluding hydrogens is 296 g/mol. The number of hydrogen-bond donors (Lipinski definition) is 1. The first kappa shape index (κ1) is 16.5. The maximum Gasteiger partial charge on any atom is 0.260 e. The molecule has 4 nitrogen and oxygen atoms in total. The van der Waals surface area contributed by atoms with Crippen LogP contribution in [-0.2, 0) is 4.79 Å². The molecule has 1 heterocycles. The molecule has 0 aliphatic carbocycles. The van der Waals surface area contributed by atoms with Gasteiger partial charge in [0.15, 0.2) is 6.10 Å². The monoisotopic (exact) mass is 318 g/mol. The molecule has 118 valence electrons. The number of rotatable bonds is 7. The Morgan fingerprint density at radius 3 is 2.59 bits per heavy atom. The number of nitrogens with zero attached hydrogens (tertiary/aromatic N) is 1. The van der Waals surface area contributed by atoms with Crippen molar-refractivity contribution in [2.75, 3.05) is 20.6 Å². The molecule has 5 heteroatoms. The van der Waals surface area contributed by atoms with E-state index < -0.39 is 6.10 Å². The van der Waals surface area contributed by atoms with Crippen LogP contribution in [0.4, 0.5) is 0 Å². The highest BCUT2D eigenvalue weighted by molar-refractivity contribution is 7.07. The molecule has 0 saturated heterocycles. The third kappa shape index (κ3) is 4.58. The van der Waals surface area contributed by atoms with Gasteiger partial charge in [0.25, 0.3) is 5.91 Å². The lowest BCUT2D eigenvalue weighted by Gasteiger charge is -2.25. The fraction of sp³-hybridized carbons (Fsp3) is 0.353. The van der Waals surface area contributed by atoms with Gasteiger partial charge < -0.3 is 15.0 Å². The van der Waals surface area contributed by atoms with Gasteiger partial charge in [0, 0.05) is 6.54 Å². The van der Waals surface area contributed by atoms with E-state index in [1.165, 1.54) is 5.56 Å². The zero-order valence-electron chi connectivity index (χ0n) is 13.2. The summed E-state index contributed by atoms with van der Waals surface area (Å²) >= 11 is 1.66. The Labute approximate surface area is 135 Å². The van der Waals surface area contributed by atoms with Gasteiger partial charge in [0.05, 0.1) is 6.04 Å². The van der Waals surface area contributed by atoms with Gasteiger partial charge in [-0.25, -0.2) is 0 Å². The van der Waals surface area contributed by atoms with Gasteiger partial charge in [-0.2, -0.15) is 11.3 Å². The molecule has 22 heavy (non-hydrogen) atoms.